The summed E-state index contributed by atoms with van der Waals surface area (Å²) < 4.78 is 2.24. The summed E-state index contributed by atoms with van der Waals surface area (Å²) in [6.07, 6.45) is 12.1. The van der Waals surface area contributed by atoms with Crippen LogP contribution in [0.25, 0.3) is 0 Å². The Balaban J connectivity index is 0.000000631. The van der Waals surface area contributed by atoms with Crippen LogP contribution in [0.3, 0.4) is 0 Å². The summed E-state index contributed by atoms with van der Waals surface area (Å²) in [6, 6.07) is 0. The minimum atomic E-state index is -0.833. The average molecular weight is 254 g/mol. The van der Waals surface area contributed by atoms with E-state index in [2.05, 4.69) is 29.6 Å². The van der Waals surface area contributed by atoms with Crippen molar-refractivity contribution in [2.75, 3.05) is 0 Å². The zero-order valence-electron chi connectivity index (χ0n) is 11.9. The minimum Gasteiger partial charge on any atom is -0.481 e. The summed E-state index contributed by atoms with van der Waals surface area (Å²) in [5, 5.41) is 7.42. The van der Waals surface area contributed by atoms with E-state index in [0.29, 0.717) is 0 Å². The smallest absolute Gasteiger partial charge is 0.300 e. The number of carboxylic acids is 1. The Labute approximate surface area is 110 Å². The van der Waals surface area contributed by atoms with Gasteiger partial charge in [-0.2, -0.15) is 0 Å². The first kappa shape index (κ1) is 16.7. The Morgan fingerprint density at radius 3 is 2.33 bits per heavy atom. The largest absolute Gasteiger partial charge is 0.481 e. The van der Waals surface area contributed by atoms with Gasteiger partial charge in [0.05, 0.1) is 0 Å². The third-order valence-corrected chi connectivity index (χ3v) is 2.68. The van der Waals surface area contributed by atoms with Crippen LogP contribution in [-0.2, 0) is 11.3 Å². The van der Waals surface area contributed by atoms with Gasteiger partial charge in [-0.15, -0.1) is 0 Å². The number of carbonyl (C=O) groups is 1. The monoisotopic (exact) mass is 254 g/mol. The number of aromatic nitrogens is 2. The standard InChI is InChI=1S/C12H22N2.C2H4O2/c1-3-4-5-6-7-8-10-14-11-9-13-12(14)2;1-2(3)4/h9,11H,3-8,10H2,1-2H3;1H3,(H,3,4). The van der Waals surface area contributed by atoms with E-state index < -0.39 is 5.97 Å². The molecule has 0 aliphatic carbocycles. The van der Waals surface area contributed by atoms with Crippen molar-refractivity contribution in [3.05, 3.63) is 18.2 Å². The molecule has 0 bridgehead atoms. The molecule has 0 unspecified atom stereocenters. The van der Waals surface area contributed by atoms with Crippen molar-refractivity contribution in [2.45, 2.75) is 65.8 Å². The number of hydrogen-bond donors (Lipinski definition) is 1. The molecular weight excluding hydrogens is 228 g/mol. The second-order valence-electron chi connectivity index (χ2n) is 4.45. The van der Waals surface area contributed by atoms with Gasteiger partial charge in [-0.1, -0.05) is 39.0 Å². The highest BCUT2D eigenvalue weighted by Gasteiger charge is 1.95. The number of aliphatic carboxylic acids is 1. The zero-order valence-corrected chi connectivity index (χ0v) is 11.9. The van der Waals surface area contributed by atoms with Gasteiger partial charge in [-0.3, -0.25) is 4.79 Å². The molecule has 0 aliphatic rings. The van der Waals surface area contributed by atoms with Gasteiger partial charge < -0.3 is 9.67 Å². The van der Waals surface area contributed by atoms with Gasteiger partial charge >= 0.3 is 0 Å². The summed E-state index contributed by atoms with van der Waals surface area (Å²) in [5.74, 6) is 0.304. The van der Waals surface area contributed by atoms with Crippen molar-refractivity contribution in [1.82, 2.24) is 9.55 Å². The molecule has 0 spiro atoms. The third-order valence-electron chi connectivity index (χ3n) is 2.68. The highest BCUT2D eigenvalue weighted by Crippen LogP contribution is 2.06. The SMILES string of the molecule is CC(=O)O.CCCCCCCCn1ccnc1C. The minimum absolute atomic E-state index is 0.833. The fraction of sp³-hybridized carbons (Fsp3) is 0.714. The zero-order chi connectivity index (χ0) is 13.8. The van der Waals surface area contributed by atoms with E-state index in [1.807, 2.05) is 6.20 Å². The van der Waals surface area contributed by atoms with Crippen LogP contribution in [0.5, 0.6) is 0 Å². The molecule has 4 nitrogen and oxygen atoms in total. The lowest BCUT2D eigenvalue weighted by atomic mass is 10.1. The number of hydrogen-bond acceptors (Lipinski definition) is 2. The van der Waals surface area contributed by atoms with Gasteiger partial charge in [0.25, 0.3) is 5.97 Å². The van der Waals surface area contributed by atoms with Crippen LogP contribution in [-0.4, -0.2) is 20.6 Å². The molecule has 4 heteroatoms. The van der Waals surface area contributed by atoms with Gasteiger partial charge in [0.1, 0.15) is 5.82 Å². The second-order valence-corrected chi connectivity index (χ2v) is 4.45. The first-order chi connectivity index (χ1) is 8.57. The van der Waals surface area contributed by atoms with E-state index in [4.69, 9.17) is 9.90 Å². The van der Waals surface area contributed by atoms with E-state index >= 15 is 0 Å². The Kier molecular flexibility index (Phi) is 10.0. The Bertz CT molecular complexity index is 317. The quantitative estimate of drug-likeness (QED) is 0.756. The van der Waals surface area contributed by atoms with Gasteiger partial charge in [-0.25, -0.2) is 4.98 Å². The molecule has 1 aromatic heterocycles. The highest BCUT2D eigenvalue weighted by molar-refractivity contribution is 5.62. The van der Waals surface area contributed by atoms with E-state index in [0.717, 1.165) is 19.3 Å². The van der Waals surface area contributed by atoms with Crippen molar-refractivity contribution in [2.24, 2.45) is 0 Å². The first-order valence-electron chi connectivity index (χ1n) is 6.75. The molecular formula is C14H26N2O2. The topological polar surface area (TPSA) is 55.1 Å². The molecule has 0 saturated heterocycles. The van der Waals surface area contributed by atoms with E-state index in [1.165, 1.54) is 38.5 Å². The number of nitrogens with zero attached hydrogens (tertiary/aromatic N) is 2. The Hall–Kier alpha value is -1.32. The third kappa shape index (κ3) is 9.87. The van der Waals surface area contributed by atoms with E-state index in [-0.39, 0.29) is 0 Å². The number of imidazole rings is 1. The molecule has 0 aromatic carbocycles. The van der Waals surface area contributed by atoms with Crippen LogP contribution in [0.1, 0.15) is 58.2 Å². The lowest BCUT2D eigenvalue weighted by Gasteiger charge is -2.04. The number of unbranched alkanes of at least 4 members (excludes halogenated alkanes) is 5. The maximum absolute atomic E-state index is 9.00. The highest BCUT2D eigenvalue weighted by atomic mass is 16.4. The molecule has 1 N–H and O–H groups in total. The van der Waals surface area contributed by atoms with Gasteiger partial charge in [0.15, 0.2) is 0 Å². The molecule has 0 radical (unpaired) electrons. The summed E-state index contributed by atoms with van der Waals surface area (Å²) in [7, 11) is 0. The Morgan fingerprint density at radius 1 is 1.28 bits per heavy atom. The molecule has 104 valence electrons. The molecule has 18 heavy (non-hydrogen) atoms. The Morgan fingerprint density at radius 2 is 1.83 bits per heavy atom. The molecule has 0 atom stereocenters. The van der Waals surface area contributed by atoms with Gasteiger partial charge in [-0.05, 0) is 13.3 Å². The molecule has 1 heterocycles. The van der Waals surface area contributed by atoms with Crippen LogP contribution >= 0.6 is 0 Å². The summed E-state index contributed by atoms with van der Waals surface area (Å²) in [4.78, 5) is 13.2. The van der Waals surface area contributed by atoms with Crippen LogP contribution in [0.4, 0.5) is 0 Å². The van der Waals surface area contributed by atoms with E-state index in [9.17, 15) is 0 Å². The van der Waals surface area contributed by atoms with Gasteiger partial charge in [0, 0.05) is 25.9 Å². The summed E-state index contributed by atoms with van der Waals surface area (Å²) in [5.41, 5.74) is 0. The molecule has 0 aliphatic heterocycles. The van der Waals surface area contributed by atoms with Crippen molar-refractivity contribution in [3.8, 4) is 0 Å². The van der Waals surface area contributed by atoms with Crippen LogP contribution in [0, 0.1) is 6.92 Å². The molecule has 1 aromatic rings. The summed E-state index contributed by atoms with van der Waals surface area (Å²) >= 11 is 0. The second kappa shape index (κ2) is 10.8. The van der Waals surface area contributed by atoms with Crippen molar-refractivity contribution < 1.29 is 9.90 Å². The van der Waals surface area contributed by atoms with Crippen molar-refractivity contribution in [3.63, 3.8) is 0 Å². The fourth-order valence-corrected chi connectivity index (χ4v) is 1.70. The van der Waals surface area contributed by atoms with Crippen LogP contribution in [0.2, 0.25) is 0 Å². The predicted octanol–water partition coefficient (Wildman–Crippen LogP) is 3.64. The van der Waals surface area contributed by atoms with Gasteiger partial charge in [0.2, 0.25) is 0 Å². The maximum atomic E-state index is 9.00. The first-order valence-corrected chi connectivity index (χ1v) is 6.75. The lowest BCUT2D eigenvalue weighted by Crippen LogP contribution is -1.98. The number of rotatable bonds is 7. The number of aryl methyl sites for hydroxylation is 2. The average Bonchev–Trinajstić information content (AvgIpc) is 2.69. The van der Waals surface area contributed by atoms with Crippen molar-refractivity contribution >= 4 is 5.97 Å². The van der Waals surface area contributed by atoms with Crippen molar-refractivity contribution in [1.29, 1.82) is 0 Å². The normalized spacial score (nSPS) is 9.72. The predicted molar refractivity (Wildman–Crippen MR) is 73.6 cm³/mol. The lowest BCUT2D eigenvalue weighted by molar-refractivity contribution is -0.134. The molecule has 0 saturated carbocycles. The fourth-order valence-electron chi connectivity index (χ4n) is 1.70. The van der Waals surface area contributed by atoms with Crippen LogP contribution < -0.4 is 0 Å². The molecule has 0 amide bonds. The summed E-state index contributed by atoms with van der Waals surface area (Å²) in [6.45, 7) is 6.55. The van der Waals surface area contributed by atoms with Crippen LogP contribution in [0.15, 0.2) is 12.4 Å². The molecule has 0 fully saturated rings. The maximum Gasteiger partial charge on any atom is 0.300 e. The van der Waals surface area contributed by atoms with E-state index in [1.54, 1.807) is 0 Å². The number of carboxylic acid groups (broad SMARTS) is 1. The molecule has 1 rings (SSSR count).